The van der Waals surface area contributed by atoms with E-state index in [1.807, 2.05) is 0 Å². The van der Waals surface area contributed by atoms with Crippen molar-refractivity contribution in [1.29, 1.82) is 0 Å². The number of nitrogens with two attached hydrogens (primary N) is 1. The van der Waals surface area contributed by atoms with Crippen molar-refractivity contribution in [3.05, 3.63) is 0 Å². The first-order valence-corrected chi connectivity index (χ1v) is 3.58. The Bertz CT molecular complexity index is 44.5. The zero-order valence-electron chi connectivity index (χ0n) is 5.59. The van der Waals surface area contributed by atoms with Gasteiger partial charge in [-0.2, -0.15) is 12.6 Å². The van der Waals surface area contributed by atoms with Gasteiger partial charge < -0.3 is 5.73 Å². The Morgan fingerprint density at radius 3 is 2.00 bits per heavy atom. The molecular formula is C6H15NS. The fourth-order valence-electron chi connectivity index (χ4n) is 0.504. The predicted molar refractivity (Wildman–Crippen MR) is 41.0 cm³/mol. The van der Waals surface area contributed by atoms with E-state index in [9.17, 15) is 0 Å². The third-order valence-corrected chi connectivity index (χ3v) is 1.30. The summed E-state index contributed by atoms with van der Waals surface area (Å²) in [5.41, 5.74) is 5.40. The molecule has 0 radical (unpaired) electrons. The molecule has 1 nitrogen and oxygen atoms in total. The summed E-state index contributed by atoms with van der Waals surface area (Å²) in [6.45, 7) is 4.38. The summed E-state index contributed by atoms with van der Waals surface area (Å²) in [6, 6.07) is 0. The third-order valence-electron chi connectivity index (χ3n) is 1.04. The van der Waals surface area contributed by atoms with Crippen LogP contribution in [0.15, 0.2) is 0 Å². The highest BCUT2D eigenvalue weighted by Gasteiger charge is 1.96. The summed E-state index contributed by atoms with van der Waals surface area (Å²) >= 11 is 4.05. The quantitative estimate of drug-likeness (QED) is 0.444. The molecule has 0 aliphatic heterocycles. The molecule has 0 aliphatic rings. The van der Waals surface area contributed by atoms with Crippen LogP contribution in [0.25, 0.3) is 0 Å². The van der Waals surface area contributed by atoms with Crippen molar-refractivity contribution in [3.8, 4) is 0 Å². The summed E-state index contributed by atoms with van der Waals surface area (Å²) in [7, 11) is 0. The minimum absolute atomic E-state index is 0.0809. The second-order valence-corrected chi connectivity index (χ2v) is 3.20. The van der Waals surface area contributed by atoms with Gasteiger partial charge in [0.15, 0.2) is 0 Å². The molecule has 0 aromatic carbocycles. The molecule has 0 saturated carbocycles. The van der Waals surface area contributed by atoms with Gasteiger partial charge in [0.25, 0.3) is 0 Å². The van der Waals surface area contributed by atoms with E-state index in [0.717, 1.165) is 12.3 Å². The van der Waals surface area contributed by atoms with E-state index in [2.05, 4.69) is 26.5 Å². The standard InChI is InChI=1S/C6H15NS/c1-5(2)3-4-6(7)8/h5-6,8H,3-4,7H2,1-2H3. The fraction of sp³-hybridized carbons (Fsp3) is 1.00. The third kappa shape index (κ3) is 6.31. The summed E-state index contributed by atoms with van der Waals surface area (Å²) < 4.78 is 0. The smallest absolute Gasteiger partial charge is 0.0477 e. The van der Waals surface area contributed by atoms with Crippen LogP contribution >= 0.6 is 12.6 Å². The van der Waals surface area contributed by atoms with Gasteiger partial charge in [-0.3, -0.25) is 0 Å². The van der Waals surface area contributed by atoms with E-state index in [1.54, 1.807) is 0 Å². The van der Waals surface area contributed by atoms with Crippen LogP contribution in [0.5, 0.6) is 0 Å². The maximum atomic E-state index is 5.40. The van der Waals surface area contributed by atoms with Crippen molar-refractivity contribution in [1.82, 2.24) is 0 Å². The molecular weight excluding hydrogens is 118 g/mol. The zero-order chi connectivity index (χ0) is 6.57. The van der Waals surface area contributed by atoms with Crippen molar-refractivity contribution in [2.45, 2.75) is 32.1 Å². The first kappa shape index (κ1) is 8.31. The van der Waals surface area contributed by atoms with Gasteiger partial charge in [-0.1, -0.05) is 13.8 Å². The molecule has 1 unspecified atom stereocenters. The minimum atomic E-state index is 0.0809. The lowest BCUT2D eigenvalue weighted by Gasteiger charge is -2.05. The van der Waals surface area contributed by atoms with Crippen LogP contribution in [0.4, 0.5) is 0 Å². The molecule has 0 aromatic heterocycles. The van der Waals surface area contributed by atoms with Gasteiger partial charge in [-0.25, -0.2) is 0 Å². The van der Waals surface area contributed by atoms with E-state index in [0.29, 0.717) is 0 Å². The van der Waals surface area contributed by atoms with Crippen molar-refractivity contribution < 1.29 is 0 Å². The van der Waals surface area contributed by atoms with E-state index in [1.165, 1.54) is 6.42 Å². The van der Waals surface area contributed by atoms with Crippen molar-refractivity contribution in [2.24, 2.45) is 11.7 Å². The summed E-state index contributed by atoms with van der Waals surface area (Å²) in [6.07, 6.45) is 2.21. The van der Waals surface area contributed by atoms with Gasteiger partial charge in [0.2, 0.25) is 0 Å². The lowest BCUT2D eigenvalue weighted by atomic mass is 10.1. The molecule has 0 spiro atoms. The predicted octanol–water partition coefficient (Wildman–Crippen LogP) is 1.64. The molecule has 0 bridgehead atoms. The summed E-state index contributed by atoms with van der Waals surface area (Å²) in [4.78, 5) is 0. The zero-order valence-corrected chi connectivity index (χ0v) is 6.49. The normalized spacial score (nSPS) is 14.6. The Kier molecular flexibility index (Phi) is 4.38. The van der Waals surface area contributed by atoms with Crippen LogP contribution in [0.2, 0.25) is 0 Å². The van der Waals surface area contributed by atoms with Gasteiger partial charge in [0.05, 0.1) is 0 Å². The summed E-state index contributed by atoms with van der Waals surface area (Å²) in [5.74, 6) is 0.758. The van der Waals surface area contributed by atoms with Gasteiger partial charge in [-0.15, -0.1) is 0 Å². The maximum Gasteiger partial charge on any atom is 0.0477 e. The molecule has 8 heavy (non-hydrogen) atoms. The Morgan fingerprint density at radius 1 is 1.38 bits per heavy atom. The number of rotatable bonds is 3. The van der Waals surface area contributed by atoms with Crippen molar-refractivity contribution >= 4 is 12.6 Å². The van der Waals surface area contributed by atoms with Crippen LogP contribution in [0, 0.1) is 5.92 Å². The monoisotopic (exact) mass is 133 g/mol. The average Bonchev–Trinajstić information content (AvgIpc) is 1.61. The maximum absolute atomic E-state index is 5.40. The number of hydrogen-bond donors (Lipinski definition) is 2. The SMILES string of the molecule is CC(C)CCC(N)S. The second-order valence-electron chi connectivity index (χ2n) is 2.54. The van der Waals surface area contributed by atoms with Gasteiger partial charge in [0.1, 0.15) is 0 Å². The highest BCUT2D eigenvalue weighted by Crippen LogP contribution is 2.06. The Labute approximate surface area is 57.1 Å². The van der Waals surface area contributed by atoms with E-state index < -0.39 is 0 Å². The average molecular weight is 133 g/mol. The fourth-order valence-corrected chi connectivity index (χ4v) is 0.653. The number of thiol groups is 1. The first-order chi connectivity index (χ1) is 3.63. The van der Waals surface area contributed by atoms with Crippen LogP contribution in [0.3, 0.4) is 0 Å². The molecule has 0 aromatic rings. The van der Waals surface area contributed by atoms with Crippen LogP contribution in [-0.4, -0.2) is 5.37 Å². The summed E-state index contributed by atoms with van der Waals surface area (Å²) in [5, 5.41) is 0.0809. The van der Waals surface area contributed by atoms with Gasteiger partial charge in [0, 0.05) is 5.37 Å². The minimum Gasteiger partial charge on any atom is -0.320 e. The topological polar surface area (TPSA) is 26.0 Å². The van der Waals surface area contributed by atoms with Crippen LogP contribution < -0.4 is 5.73 Å². The molecule has 0 fully saturated rings. The van der Waals surface area contributed by atoms with E-state index in [-0.39, 0.29) is 5.37 Å². The molecule has 0 heterocycles. The van der Waals surface area contributed by atoms with Gasteiger partial charge in [-0.05, 0) is 18.8 Å². The Hall–Kier alpha value is 0.310. The molecule has 0 rings (SSSR count). The van der Waals surface area contributed by atoms with E-state index >= 15 is 0 Å². The lowest BCUT2D eigenvalue weighted by Crippen LogP contribution is -2.11. The Morgan fingerprint density at radius 2 is 1.88 bits per heavy atom. The molecule has 0 saturated heterocycles. The molecule has 0 amide bonds. The molecule has 2 N–H and O–H groups in total. The molecule has 1 atom stereocenters. The van der Waals surface area contributed by atoms with Crippen LogP contribution in [-0.2, 0) is 0 Å². The first-order valence-electron chi connectivity index (χ1n) is 3.06. The second kappa shape index (κ2) is 4.21. The van der Waals surface area contributed by atoms with Crippen molar-refractivity contribution in [2.75, 3.05) is 0 Å². The highest BCUT2D eigenvalue weighted by molar-refractivity contribution is 7.80. The van der Waals surface area contributed by atoms with Crippen molar-refractivity contribution in [3.63, 3.8) is 0 Å². The number of hydrogen-bond acceptors (Lipinski definition) is 2. The highest BCUT2D eigenvalue weighted by atomic mass is 32.1. The molecule has 2 heteroatoms. The lowest BCUT2D eigenvalue weighted by molar-refractivity contribution is 0.551. The Balaban J connectivity index is 2.93. The van der Waals surface area contributed by atoms with Gasteiger partial charge >= 0.3 is 0 Å². The largest absolute Gasteiger partial charge is 0.320 e. The molecule has 50 valence electrons. The van der Waals surface area contributed by atoms with Crippen LogP contribution in [0.1, 0.15) is 26.7 Å². The van der Waals surface area contributed by atoms with E-state index in [4.69, 9.17) is 5.73 Å². The molecule has 0 aliphatic carbocycles.